The number of carbonyl (C=O) groups is 2. The molecule has 0 aromatic carbocycles. The maximum Gasteiger partial charge on any atom is 0.306 e. The van der Waals surface area contributed by atoms with Gasteiger partial charge in [-0.3, -0.25) is 9.59 Å². The van der Waals surface area contributed by atoms with Crippen molar-refractivity contribution in [2.45, 2.75) is 265 Å². The molecule has 0 aliphatic rings. The minimum atomic E-state index is 0.0356. The number of unbranched alkanes of at least 4 members (excludes halogenated alkanes) is 22. The first-order chi connectivity index (χ1) is 28.9. The highest BCUT2D eigenvalue weighted by molar-refractivity contribution is 5.70. The summed E-state index contributed by atoms with van der Waals surface area (Å²) in [6, 6.07) is 0. The molecule has 352 valence electrons. The molecule has 0 saturated carbocycles. The van der Waals surface area contributed by atoms with Crippen molar-refractivity contribution in [2.75, 3.05) is 47.1 Å². The van der Waals surface area contributed by atoms with Crippen LogP contribution in [0.25, 0.3) is 0 Å². The largest absolute Gasteiger partial charge is 0.466 e. The zero-order chi connectivity index (χ0) is 43.3. The first-order valence-electron chi connectivity index (χ1n) is 26.4. The Bertz CT molecular complexity index is 785. The van der Waals surface area contributed by atoms with E-state index in [4.69, 9.17) is 14.2 Å². The van der Waals surface area contributed by atoms with Crippen molar-refractivity contribution < 1.29 is 23.8 Å². The predicted octanol–water partition coefficient (Wildman–Crippen LogP) is 16.0. The highest BCUT2D eigenvalue weighted by atomic mass is 16.5. The lowest BCUT2D eigenvalue weighted by Crippen LogP contribution is -2.16. The van der Waals surface area contributed by atoms with Crippen LogP contribution in [0.4, 0.5) is 0 Å². The van der Waals surface area contributed by atoms with Crippen molar-refractivity contribution in [3.63, 3.8) is 0 Å². The molecular formula is C53H105NO5. The van der Waals surface area contributed by atoms with Gasteiger partial charge in [-0.05, 0) is 96.2 Å². The van der Waals surface area contributed by atoms with Crippen LogP contribution < -0.4 is 0 Å². The Morgan fingerprint density at radius 3 is 1.02 bits per heavy atom. The van der Waals surface area contributed by atoms with Gasteiger partial charge in [0.25, 0.3) is 0 Å². The van der Waals surface area contributed by atoms with E-state index in [1.807, 2.05) is 0 Å². The number of nitrogens with zero attached hydrogens (tertiary/aromatic N) is 1. The van der Waals surface area contributed by atoms with E-state index in [0.717, 1.165) is 39.0 Å². The van der Waals surface area contributed by atoms with Crippen LogP contribution in [0, 0.1) is 17.8 Å². The van der Waals surface area contributed by atoms with E-state index in [1.165, 1.54) is 205 Å². The molecule has 0 rings (SSSR count). The fourth-order valence-corrected chi connectivity index (χ4v) is 8.63. The highest BCUT2D eigenvalue weighted by Gasteiger charge is 2.16. The second kappa shape index (κ2) is 46.4. The number of esters is 2. The summed E-state index contributed by atoms with van der Waals surface area (Å²) in [6.07, 6.45) is 44.9. The van der Waals surface area contributed by atoms with Gasteiger partial charge in [0.15, 0.2) is 0 Å². The van der Waals surface area contributed by atoms with Gasteiger partial charge in [0.2, 0.25) is 0 Å². The van der Waals surface area contributed by atoms with Gasteiger partial charge in [-0.25, -0.2) is 0 Å². The fourth-order valence-electron chi connectivity index (χ4n) is 8.63. The van der Waals surface area contributed by atoms with Gasteiger partial charge in [0.1, 0.15) is 0 Å². The van der Waals surface area contributed by atoms with Gasteiger partial charge in [-0.15, -0.1) is 0 Å². The molecule has 0 saturated heterocycles. The third-order valence-corrected chi connectivity index (χ3v) is 12.6. The van der Waals surface area contributed by atoms with Crippen LogP contribution in [0.1, 0.15) is 265 Å². The molecule has 0 heterocycles. The molecule has 6 nitrogen and oxygen atoms in total. The topological polar surface area (TPSA) is 65.1 Å². The van der Waals surface area contributed by atoms with Crippen LogP contribution in [0.3, 0.4) is 0 Å². The van der Waals surface area contributed by atoms with Crippen molar-refractivity contribution in [1.82, 2.24) is 4.90 Å². The summed E-state index contributed by atoms with van der Waals surface area (Å²) in [5, 5.41) is 0. The second-order valence-corrected chi connectivity index (χ2v) is 18.9. The zero-order valence-electron chi connectivity index (χ0n) is 40.9. The molecular weight excluding hydrogens is 731 g/mol. The summed E-state index contributed by atoms with van der Waals surface area (Å²) in [7, 11) is 4.28. The van der Waals surface area contributed by atoms with E-state index in [9.17, 15) is 9.59 Å². The maximum absolute atomic E-state index is 12.5. The molecule has 0 aromatic heterocycles. The van der Waals surface area contributed by atoms with Crippen molar-refractivity contribution in [3.8, 4) is 0 Å². The van der Waals surface area contributed by atoms with Crippen LogP contribution in [-0.4, -0.2) is 63.9 Å². The van der Waals surface area contributed by atoms with E-state index < -0.39 is 0 Å². The summed E-state index contributed by atoms with van der Waals surface area (Å²) in [5.74, 6) is 1.80. The average Bonchev–Trinajstić information content (AvgIpc) is 3.21. The molecule has 0 radical (unpaired) electrons. The Balaban J connectivity index is 4.09. The Morgan fingerprint density at radius 1 is 0.373 bits per heavy atom. The Kier molecular flexibility index (Phi) is 45.5. The van der Waals surface area contributed by atoms with Crippen molar-refractivity contribution in [2.24, 2.45) is 17.8 Å². The minimum Gasteiger partial charge on any atom is -0.466 e. The summed E-state index contributed by atoms with van der Waals surface area (Å²) in [4.78, 5) is 27.2. The molecule has 0 aliphatic heterocycles. The average molecular weight is 836 g/mol. The van der Waals surface area contributed by atoms with E-state index in [2.05, 4.69) is 46.7 Å². The lowest BCUT2D eigenvalue weighted by Gasteiger charge is -2.18. The van der Waals surface area contributed by atoms with E-state index in [1.54, 1.807) is 0 Å². The molecule has 59 heavy (non-hydrogen) atoms. The number of hydrogen-bond donors (Lipinski definition) is 0. The number of carbonyl (C=O) groups excluding carboxylic acids is 2. The molecule has 0 unspecified atom stereocenters. The Hall–Kier alpha value is -1.14. The SMILES string of the molecule is CCCCCC(CCCCC)CC(=O)OCCCCCCCCCCC(CCCCCCCCCCOC(=O)CC(CCCCC)CCCCC)COCCCN(C)C. The van der Waals surface area contributed by atoms with E-state index >= 15 is 0 Å². The van der Waals surface area contributed by atoms with Gasteiger partial charge in [0, 0.05) is 26.1 Å². The number of rotatable bonds is 48. The van der Waals surface area contributed by atoms with Crippen molar-refractivity contribution in [1.29, 1.82) is 0 Å². The van der Waals surface area contributed by atoms with Gasteiger partial charge >= 0.3 is 11.9 Å². The third-order valence-electron chi connectivity index (χ3n) is 12.6. The summed E-state index contributed by atoms with van der Waals surface area (Å²) < 4.78 is 17.5. The van der Waals surface area contributed by atoms with E-state index in [-0.39, 0.29) is 11.9 Å². The lowest BCUT2D eigenvalue weighted by molar-refractivity contribution is -0.146. The Morgan fingerprint density at radius 2 is 0.678 bits per heavy atom. The smallest absolute Gasteiger partial charge is 0.306 e. The quantitative estimate of drug-likeness (QED) is 0.0449. The zero-order valence-corrected chi connectivity index (χ0v) is 40.9. The normalized spacial score (nSPS) is 11.8. The van der Waals surface area contributed by atoms with Crippen molar-refractivity contribution >= 4 is 11.9 Å². The van der Waals surface area contributed by atoms with Crippen LogP contribution in [-0.2, 0) is 23.8 Å². The standard InChI is InChI=1S/C53H105NO5/c1-7-11-27-36-49(37-28-12-8-2)46-52(55)58-44-33-25-21-17-15-19-23-31-40-51(48-57-43-35-42-54(5)6)41-32-24-20-16-18-22-26-34-45-59-53(56)47-50(38-29-13-9-3)39-30-14-10-4/h49-51H,7-48H2,1-6H3. The van der Waals surface area contributed by atoms with Crippen LogP contribution in [0.2, 0.25) is 0 Å². The van der Waals surface area contributed by atoms with Gasteiger partial charge < -0.3 is 19.1 Å². The monoisotopic (exact) mass is 836 g/mol. The van der Waals surface area contributed by atoms with Crippen LogP contribution in [0.15, 0.2) is 0 Å². The molecule has 6 heteroatoms. The highest BCUT2D eigenvalue weighted by Crippen LogP contribution is 2.24. The molecule has 0 atom stereocenters. The second-order valence-electron chi connectivity index (χ2n) is 18.9. The molecule has 0 bridgehead atoms. The van der Waals surface area contributed by atoms with Gasteiger partial charge in [-0.1, -0.05) is 195 Å². The first kappa shape index (κ1) is 57.9. The molecule has 0 amide bonds. The van der Waals surface area contributed by atoms with Crippen molar-refractivity contribution in [3.05, 3.63) is 0 Å². The fraction of sp³-hybridized carbons (Fsp3) is 0.962. The molecule has 0 N–H and O–H groups in total. The first-order valence-corrected chi connectivity index (χ1v) is 26.4. The lowest BCUT2D eigenvalue weighted by atomic mass is 9.92. The number of ether oxygens (including phenoxy) is 3. The maximum atomic E-state index is 12.5. The molecule has 0 aliphatic carbocycles. The predicted molar refractivity (Wildman–Crippen MR) is 255 cm³/mol. The molecule has 0 spiro atoms. The van der Waals surface area contributed by atoms with Gasteiger partial charge in [-0.2, -0.15) is 0 Å². The van der Waals surface area contributed by atoms with Gasteiger partial charge in [0.05, 0.1) is 13.2 Å². The summed E-state index contributed by atoms with van der Waals surface area (Å²) in [5.41, 5.74) is 0. The summed E-state index contributed by atoms with van der Waals surface area (Å²) in [6.45, 7) is 13.1. The Labute approximate surface area is 369 Å². The molecule has 0 aromatic rings. The van der Waals surface area contributed by atoms with Crippen LogP contribution in [0.5, 0.6) is 0 Å². The van der Waals surface area contributed by atoms with E-state index in [0.29, 0.717) is 43.8 Å². The third kappa shape index (κ3) is 43.3. The molecule has 0 fully saturated rings. The van der Waals surface area contributed by atoms with Crippen LogP contribution >= 0.6 is 0 Å². The minimum absolute atomic E-state index is 0.0356. The summed E-state index contributed by atoms with van der Waals surface area (Å²) >= 11 is 0. The number of hydrogen-bond acceptors (Lipinski definition) is 6.